The van der Waals surface area contributed by atoms with E-state index in [1.54, 1.807) is 6.07 Å². The van der Waals surface area contributed by atoms with Crippen LogP contribution >= 0.6 is 0 Å². The summed E-state index contributed by atoms with van der Waals surface area (Å²) in [6.45, 7) is 0.236. The minimum atomic E-state index is -1.09. The maximum atomic E-state index is 12.3. The molecule has 0 fully saturated rings. The van der Waals surface area contributed by atoms with Crippen molar-refractivity contribution in [3.8, 4) is 17.0 Å². The van der Waals surface area contributed by atoms with Crippen LogP contribution in [0.3, 0.4) is 0 Å². The van der Waals surface area contributed by atoms with Crippen LogP contribution in [-0.4, -0.2) is 43.1 Å². The molecule has 0 bridgehead atoms. The Labute approximate surface area is 158 Å². The van der Waals surface area contributed by atoms with Crippen LogP contribution in [0.4, 0.5) is 10.1 Å². The van der Waals surface area contributed by atoms with Gasteiger partial charge in [0.25, 0.3) is 0 Å². The van der Waals surface area contributed by atoms with E-state index in [9.17, 15) is 9.50 Å². The van der Waals surface area contributed by atoms with Crippen molar-refractivity contribution in [3.05, 3.63) is 54.1 Å². The molecule has 1 N–H and O–H groups in total. The number of anilines is 1. The van der Waals surface area contributed by atoms with Gasteiger partial charge in [-0.2, -0.15) is 0 Å². The Balaban J connectivity index is 1.60. The highest BCUT2D eigenvalue weighted by atomic mass is 19.1. The molecule has 140 valence electrons. The van der Waals surface area contributed by atoms with Crippen LogP contribution in [0, 0.1) is 0 Å². The molecule has 0 saturated carbocycles. The van der Waals surface area contributed by atoms with Crippen molar-refractivity contribution in [2.75, 3.05) is 31.8 Å². The number of ether oxygens (including phenoxy) is 1. The molecule has 0 aliphatic carbocycles. The number of alkyl halides is 1. The van der Waals surface area contributed by atoms with Gasteiger partial charge in [0.2, 0.25) is 0 Å². The number of nitrogens with zero attached hydrogens (tertiary/aromatic N) is 2. The lowest BCUT2D eigenvalue weighted by Gasteiger charge is -2.27. The lowest BCUT2D eigenvalue weighted by molar-refractivity contribution is 0.0842. The Morgan fingerprint density at radius 2 is 2.07 bits per heavy atom. The lowest BCUT2D eigenvalue weighted by atomic mass is 9.98. The van der Waals surface area contributed by atoms with Crippen molar-refractivity contribution in [3.63, 3.8) is 0 Å². The van der Waals surface area contributed by atoms with E-state index in [0.29, 0.717) is 5.75 Å². The van der Waals surface area contributed by atoms with Gasteiger partial charge < -0.3 is 14.7 Å². The van der Waals surface area contributed by atoms with E-state index in [1.165, 1.54) is 17.7 Å². The molecule has 27 heavy (non-hydrogen) atoms. The molecule has 1 unspecified atom stereocenters. The Morgan fingerprint density at radius 1 is 1.19 bits per heavy atom. The third-order valence-electron chi connectivity index (χ3n) is 5.01. The van der Waals surface area contributed by atoms with E-state index >= 15 is 0 Å². The monoisotopic (exact) mass is 366 g/mol. The van der Waals surface area contributed by atoms with E-state index < -0.39 is 12.8 Å². The van der Waals surface area contributed by atoms with E-state index in [1.807, 2.05) is 24.3 Å². The molecular formula is C22H23FN2O2. The van der Waals surface area contributed by atoms with Gasteiger partial charge in [0.05, 0.1) is 11.2 Å². The van der Waals surface area contributed by atoms with E-state index in [4.69, 9.17) is 9.72 Å². The third-order valence-corrected chi connectivity index (χ3v) is 5.01. The van der Waals surface area contributed by atoms with Gasteiger partial charge in [-0.3, -0.25) is 0 Å². The maximum absolute atomic E-state index is 12.3. The molecule has 0 radical (unpaired) electrons. The van der Waals surface area contributed by atoms with Crippen LogP contribution in [0.2, 0.25) is 0 Å². The second-order valence-corrected chi connectivity index (χ2v) is 7.04. The summed E-state index contributed by atoms with van der Waals surface area (Å²) in [6, 6.07) is 16.1. The average Bonchev–Trinajstić information content (AvgIpc) is 2.71. The van der Waals surface area contributed by atoms with Gasteiger partial charge in [0.1, 0.15) is 25.1 Å². The van der Waals surface area contributed by atoms with Crippen LogP contribution in [-0.2, 0) is 6.42 Å². The molecule has 3 aromatic rings. The Hall–Kier alpha value is -2.66. The van der Waals surface area contributed by atoms with Crippen LogP contribution in [0.25, 0.3) is 22.2 Å². The van der Waals surface area contributed by atoms with Gasteiger partial charge in [-0.05, 0) is 54.8 Å². The smallest absolute Gasteiger partial charge is 0.120 e. The molecule has 0 amide bonds. The average molecular weight is 366 g/mol. The number of aromatic nitrogens is 1. The van der Waals surface area contributed by atoms with Gasteiger partial charge >= 0.3 is 0 Å². The molecule has 1 aliphatic heterocycles. The fraction of sp³-hybridized carbons (Fsp3) is 0.318. The van der Waals surface area contributed by atoms with Gasteiger partial charge in [-0.1, -0.05) is 12.1 Å². The predicted octanol–water partition coefficient (Wildman–Crippen LogP) is 3.99. The van der Waals surface area contributed by atoms with Crippen molar-refractivity contribution in [2.24, 2.45) is 0 Å². The summed E-state index contributed by atoms with van der Waals surface area (Å²) in [5.74, 6) is 0.598. The van der Waals surface area contributed by atoms with E-state index in [-0.39, 0.29) is 6.61 Å². The number of benzene rings is 2. The van der Waals surface area contributed by atoms with Crippen LogP contribution in [0.5, 0.6) is 5.75 Å². The zero-order valence-corrected chi connectivity index (χ0v) is 15.4. The summed E-state index contributed by atoms with van der Waals surface area (Å²) >= 11 is 0. The summed E-state index contributed by atoms with van der Waals surface area (Å²) in [6.07, 6.45) is 1.19. The third kappa shape index (κ3) is 3.74. The number of aliphatic hydroxyl groups excluding tert-OH is 1. The molecule has 4 nitrogen and oxygen atoms in total. The Kier molecular flexibility index (Phi) is 4.94. The molecule has 2 heterocycles. The number of aliphatic hydroxyl groups is 1. The molecular weight excluding hydrogens is 343 g/mol. The summed E-state index contributed by atoms with van der Waals surface area (Å²) in [5, 5.41) is 10.2. The van der Waals surface area contributed by atoms with Crippen molar-refractivity contribution in [1.82, 2.24) is 4.98 Å². The largest absolute Gasteiger partial charge is 0.491 e. The predicted molar refractivity (Wildman–Crippen MR) is 106 cm³/mol. The second kappa shape index (κ2) is 7.53. The highest BCUT2D eigenvalue weighted by molar-refractivity contribution is 5.83. The molecule has 2 aromatic carbocycles. The Morgan fingerprint density at radius 3 is 2.93 bits per heavy atom. The molecule has 1 aliphatic rings. The van der Waals surface area contributed by atoms with E-state index in [0.717, 1.165) is 35.1 Å². The number of hydrogen-bond donors (Lipinski definition) is 1. The maximum Gasteiger partial charge on any atom is 0.120 e. The quantitative estimate of drug-likeness (QED) is 0.742. The molecule has 1 atom stereocenters. The lowest BCUT2D eigenvalue weighted by Crippen LogP contribution is -2.24. The van der Waals surface area contributed by atoms with Gasteiger partial charge in [0, 0.05) is 30.2 Å². The van der Waals surface area contributed by atoms with Gasteiger partial charge in [0.15, 0.2) is 0 Å². The van der Waals surface area contributed by atoms with Crippen molar-refractivity contribution in [2.45, 2.75) is 18.9 Å². The van der Waals surface area contributed by atoms with Crippen molar-refractivity contribution in [1.29, 1.82) is 0 Å². The molecule has 4 rings (SSSR count). The SMILES string of the molecule is CN1CCCc2cc(-c3ccc4cc(OCC(O)CF)ccc4n3)ccc21. The second-order valence-electron chi connectivity index (χ2n) is 7.04. The molecule has 1 aromatic heterocycles. The van der Waals surface area contributed by atoms with Crippen molar-refractivity contribution >= 4 is 16.6 Å². The van der Waals surface area contributed by atoms with Crippen molar-refractivity contribution < 1.29 is 14.2 Å². The number of hydrogen-bond acceptors (Lipinski definition) is 4. The summed E-state index contributed by atoms with van der Waals surface area (Å²) in [4.78, 5) is 7.09. The first kappa shape index (κ1) is 17.7. The molecule has 5 heteroatoms. The van der Waals surface area contributed by atoms with Gasteiger partial charge in [-0.25, -0.2) is 9.37 Å². The van der Waals surface area contributed by atoms with Crippen LogP contribution in [0.1, 0.15) is 12.0 Å². The fourth-order valence-corrected chi connectivity index (χ4v) is 3.54. The standard InChI is InChI=1S/C22H23FN2O2/c1-25-10-2-3-17-11-15(5-9-22(17)25)20-7-4-16-12-19(6-8-21(16)24-20)27-14-18(26)13-23/h4-9,11-12,18,26H,2-3,10,13-14H2,1H3. The summed E-state index contributed by atoms with van der Waals surface area (Å²) < 4.78 is 17.8. The molecule has 0 spiro atoms. The van der Waals surface area contributed by atoms with Gasteiger partial charge in [-0.15, -0.1) is 0 Å². The first-order valence-electron chi connectivity index (χ1n) is 9.26. The number of rotatable bonds is 5. The normalized spacial score (nSPS) is 14.9. The Bertz CT molecular complexity index is 960. The zero-order valence-electron chi connectivity index (χ0n) is 15.4. The summed E-state index contributed by atoms with van der Waals surface area (Å²) in [7, 11) is 2.14. The first-order chi connectivity index (χ1) is 13.1. The number of halogens is 1. The highest BCUT2D eigenvalue weighted by Crippen LogP contribution is 2.31. The zero-order chi connectivity index (χ0) is 18.8. The van der Waals surface area contributed by atoms with E-state index in [2.05, 4.69) is 30.1 Å². The number of aryl methyl sites for hydroxylation is 1. The number of pyridine rings is 1. The summed E-state index contributed by atoms with van der Waals surface area (Å²) in [5.41, 5.74) is 5.62. The topological polar surface area (TPSA) is 45.6 Å². The van der Waals surface area contributed by atoms with Crippen LogP contribution < -0.4 is 9.64 Å². The fourth-order valence-electron chi connectivity index (χ4n) is 3.54. The highest BCUT2D eigenvalue weighted by Gasteiger charge is 2.14. The number of fused-ring (bicyclic) bond motifs is 2. The molecule has 0 saturated heterocycles. The minimum Gasteiger partial charge on any atom is -0.491 e. The minimum absolute atomic E-state index is 0.0584. The van der Waals surface area contributed by atoms with Crippen LogP contribution in [0.15, 0.2) is 48.5 Å². The first-order valence-corrected chi connectivity index (χ1v) is 9.26.